The Balaban J connectivity index is 2.08. The molecule has 1 aromatic carbocycles. The van der Waals surface area contributed by atoms with Crippen LogP contribution < -0.4 is 4.72 Å². The molecule has 1 aromatic rings. The molecule has 4 nitrogen and oxygen atoms in total. The molecule has 118 valence electrons. The van der Waals surface area contributed by atoms with Crippen LogP contribution in [-0.4, -0.2) is 19.6 Å². The molecule has 2 N–H and O–H groups in total. The van der Waals surface area contributed by atoms with Gasteiger partial charge >= 0.3 is 0 Å². The highest BCUT2D eigenvalue weighted by Gasteiger charge is 2.25. The quantitative estimate of drug-likeness (QED) is 0.878. The van der Waals surface area contributed by atoms with Crippen molar-refractivity contribution < 1.29 is 13.5 Å². The summed E-state index contributed by atoms with van der Waals surface area (Å²) in [6.45, 7) is 3.91. The van der Waals surface area contributed by atoms with Gasteiger partial charge in [0, 0.05) is 6.04 Å². The molecule has 21 heavy (non-hydrogen) atoms. The van der Waals surface area contributed by atoms with Crippen molar-refractivity contribution in [3.8, 4) is 0 Å². The third kappa shape index (κ3) is 4.05. The molecule has 1 aliphatic carbocycles. The fourth-order valence-electron chi connectivity index (χ4n) is 2.96. The van der Waals surface area contributed by atoms with Crippen molar-refractivity contribution in [2.24, 2.45) is 5.92 Å². The zero-order valence-corrected chi connectivity index (χ0v) is 13.6. The first-order valence-corrected chi connectivity index (χ1v) is 9.17. The second kappa shape index (κ2) is 6.90. The first-order valence-electron chi connectivity index (χ1n) is 7.69. The summed E-state index contributed by atoms with van der Waals surface area (Å²) in [6, 6.07) is 4.95. The number of hydrogen-bond donors (Lipinski definition) is 2. The van der Waals surface area contributed by atoms with Gasteiger partial charge in [0.1, 0.15) is 0 Å². The van der Waals surface area contributed by atoms with Crippen LogP contribution in [0.5, 0.6) is 0 Å². The van der Waals surface area contributed by atoms with E-state index in [1.165, 1.54) is 6.42 Å². The molecule has 1 saturated carbocycles. The van der Waals surface area contributed by atoms with E-state index in [1.807, 2.05) is 6.92 Å². The van der Waals surface area contributed by atoms with Gasteiger partial charge in [-0.25, -0.2) is 13.1 Å². The van der Waals surface area contributed by atoms with Crippen LogP contribution in [0.25, 0.3) is 0 Å². The van der Waals surface area contributed by atoms with E-state index in [0.29, 0.717) is 5.56 Å². The second-order valence-electron chi connectivity index (χ2n) is 5.99. The first-order chi connectivity index (χ1) is 9.96. The maximum absolute atomic E-state index is 12.4. The molecule has 0 saturated heterocycles. The smallest absolute Gasteiger partial charge is 0.240 e. The van der Waals surface area contributed by atoms with Crippen molar-refractivity contribution in [3.05, 3.63) is 29.3 Å². The van der Waals surface area contributed by atoms with Gasteiger partial charge in [-0.2, -0.15) is 0 Å². The first kappa shape index (κ1) is 16.5. The van der Waals surface area contributed by atoms with E-state index < -0.39 is 10.0 Å². The van der Waals surface area contributed by atoms with Crippen LogP contribution in [0.1, 0.15) is 50.2 Å². The molecule has 0 spiro atoms. The van der Waals surface area contributed by atoms with Crippen LogP contribution in [0.2, 0.25) is 0 Å². The van der Waals surface area contributed by atoms with Crippen molar-refractivity contribution in [2.75, 3.05) is 0 Å². The van der Waals surface area contributed by atoms with Gasteiger partial charge < -0.3 is 5.11 Å². The molecule has 2 rings (SSSR count). The van der Waals surface area contributed by atoms with E-state index in [1.54, 1.807) is 18.2 Å². The fourth-order valence-corrected chi connectivity index (χ4v) is 4.32. The van der Waals surface area contributed by atoms with Crippen LogP contribution in [0.15, 0.2) is 23.1 Å². The zero-order chi connectivity index (χ0) is 15.5. The molecule has 0 aliphatic heterocycles. The van der Waals surface area contributed by atoms with Crippen LogP contribution in [0.3, 0.4) is 0 Å². The minimum atomic E-state index is -3.49. The molecule has 1 aliphatic rings. The molecule has 1 fully saturated rings. The SMILES string of the molecule is CCC1CCC(NS(=O)(=O)c2ccc(C)c(CO)c2)CC1. The Kier molecular flexibility index (Phi) is 5.41. The minimum absolute atomic E-state index is 0.0386. The van der Waals surface area contributed by atoms with Crippen molar-refractivity contribution >= 4 is 10.0 Å². The van der Waals surface area contributed by atoms with Crippen LogP contribution in [0.4, 0.5) is 0 Å². The van der Waals surface area contributed by atoms with Crippen LogP contribution >= 0.6 is 0 Å². The Bertz CT molecular complexity index is 575. The average Bonchev–Trinajstić information content (AvgIpc) is 2.48. The molecular weight excluding hydrogens is 286 g/mol. The highest BCUT2D eigenvalue weighted by Crippen LogP contribution is 2.27. The van der Waals surface area contributed by atoms with Gasteiger partial charge in [0.25, 0.3) is 0 Å². The van der Waals surface area contributed by atoms with Gasteiger partial charge in [0.15, 0.2) is 0 Å². The summed E-state index contributed by atoms with van der Waals surface area (Å²) in [6.07, 6.45) is 5.20. The Morgan fingerprint density at radius 2 is 1.90 bits per heavy atom. The number of rotatable bonds is 5. The largest absolute Gasteiger partial charge is 0.392 e. The molecular formula is C16H25NO3S. The van der Waals surface area contributed by atoms with Gasteiger partial charge in [-0.3, -0.25) is 0 Å². The maximum Gasteiger partial charge on any atom is 0.240 e. The molecule has 0 heterocycles. The third-order valence-electron chi connectivity index (χ3n) is 4.55. The Labute approximate surface area is 127 Å². The van der Waals surface area contributed by atoms with Gasteiger partial charge in [0.05, 0.1) is 11.5 Å². The highest BCUT2D eigenvalue weighted by molar-refractivity contribution is 7.89. The number of aryl methyl sites for hydroxylation is 1. The standard InChI is InChI=1S/C16H25NO3S/c1-3-13-5-7-15(8-6-13)17-21(19,20)16-9-4-12(2)14(10-16)11-18/h4,9-10,13,15,17-18H,3,5-8,11H2,1-2H3. The molecule has 5 heteroatoms. The van der Waals surface area contributed by atoms with Crippen LogP contribution in [-0.2, 0) is 16.6 Å². The fraction of sp³-hybridized carbons (Fsp3) is 0.625. The lowest BCUT2D eigenvalue weighted by Crippen LogP contribution is -2.37. The van der Waals surface area contributed by atoms with Crippen molar-refractivity contribution in [1.82, 2.24) is 4.72 Å². The van der Waals surface area contributed by atoms with E-state index in [-0.39, 0.29) is 17.5 Å². The summed E-state index contributed by atoms with van der Waals surface area (Å²) >= 11 is 0. The van der Waals surface area contributed by atoms with Gasteiger partial charge in [-0.1, -0.05) is 19.4 Å². The zero-order valence-electron chi connectivity index (χ0n) is 12.8. The summed E-state index contributed by atoms with van der Waals surface area (Å²) in [5.41, 5.74) is 1.56. The summed E-state index contributed by atoms with van der Waals surface area (Å²) in [4.78, 5) is 0.245. The number of aliphatic hydroxyl groups excluding tert-OH is 1. The van der Waals surface area contributed by atoms with Crippen LogP contribution in [0, 0.1) is 12.8 Å². The number of aliphatic hydroxyl groups is 1. The minimum Gasteiger partial charge on any atom is -0.392 e. The average molecular weight is 311 g/mol. The molecule has 0 amide bonds. The monoisotopic (exact) mass is 311 g/mol. The predicted molar refractivity (Wildman–Crippen MR) is 83.5 cm³/mol. The summed E-state index contributed by atoms with van der Waals surface area (Å²) in [7, 11) is -3.49. The Hall–Kier alpha value is -0.910. The third-order valence-corrected chi connectivity index (χ3v) is 6.07. The number of benzene rings is 1. The van der Waals surface area contributed by atoms with E-state index in [0.717, 1.165) is 37.2 Å². The normalized spacial score (nSPS) is 23.2. The molecule has 0 bridgehead atoms. The van der Waals surface area contributed by atoms with E-state index in [4.69, 9.17) is 0 Å². The second-order valence-corrected chi connectivity index (χ2v) is 7.71. The van der Waals surface area contributed by atoms with Gasteiger partial charge in [-0.15, -0.1) is 0 Å². The van der Waals surface area contributed by atoms with Crippen molar-refractivity contribution in [2.45, 2.75) is 63.5 Å². The number of sulfonamides is 1. The lowest BCUT2D eigenvalue weighted by molar-refractivity contribution is 0.280. The lowest BCUT2D eigenvalue weighted by atomic mass is 9.85. The molecule has 0 unspecified atom stereocenters. The summed E-state index contributed by atoms with van der Waals surface area (Å²) in [5.74, 6) is 0.742. The van der Waals surface area contributed by atoms with E-state index >= 15 is 0 Å². The van der Waals surface area contributed by atoms with Gasteiger partial charge in [0.2, 0.25) is 10.0 Å². The van der Waals surface area contributed by atoms with E-state index in [9.17, 15) is 13.5 Å². The Morgan fingerprint density at radius 3 is 2.48 bits per heavy atom. The summed E-state index contributed by atoms with van der Waals surface area (Å²) in [5, 5.41) is 9.27. The number of nitrogens with one attached hydrogen (secondary N) is 1. The summed E-state index contributed by atoms with van der Waals surface area (Å²) < 4.78 is 27.7. The van der Waals surface area contributed by atoms with Gasteiger partial charge in [-0.05, 0) is 61.8 Å². The van der Waals surface area contributed by atoms with Crippen molar-refractivity contribution in [3.63, 3.8) is 0 Å². The van der Waals surface area contributed by atoms with Crippen molar-refractivity contribution in [1.29, 1.82) is 0 Å². The predicted octanol–water partition coefficient (Wildman–Crippen LogP) is 2.73. The topological polar surface area (TPSA) is 66.4 Å². The lowest BCUT2D eigenvalue weighted by Gasteiger charge is -2.28. The molecule has 0 atom stereocenters. The Morgan fingerprint density at radius 1 is 1.24 bits per heavy atom. The number of hydrogen-bond acceptors (Lipinski definition) is 3. The molecule has 0 radical (unpaired) electrons. The highest BCUT2D eigenvalue weighted by atomic mass is 32.2. The maximum atomic E-state index is 12.4. The van der Waals surface area contributed by atoms with E-state index in [2.05, 4.69) is 11.6 Å². The molecule has 0 aromatic heterocycles.